The molecule has 1 heterocycles. The number of carbonyl (C=O) groups is 3. The molecule has 0 aromatic heterocycles. The summed E-state index contributed by atoms with van der Waals surface area (Å²) in [7, 11) is 0. The zero-order valence-electron chi connectivity index (χ0n) is 21.1. The summed E-state index contributed by atoms with van der Waals surface area (Å²) >= 11 is 4.14. The van der Waals surface area contributed by atoms with E-state index in [4.69, 9.17) is 9.47 Å². The molecule has 4 aromatic carbocycles. The molecule has 1 aliphatic rings. The number of fused-ring (bicyclic) bond motifs is 1. The number of benzene rings is 4. The Morgan fingerprint density at radius 2 is 1.67 bits per heavy atom. The first kappa shape index (κ1) is 26.7. The molecule has 2 amide bonds. The van der Waals surface area contributed by atoms with E-state index in [0.717, 1.165) is 32.1 Å². The summed E-state index contributed by atoms with van der Waals surface area (Å²) < 4.78 is 12.7. The molecule has 0 aliphatic carbocycles. The Balaban J connectivity index is 1.30. The summed E-state index contributed by atoms with van der Waals surface area (Å²) in [6.45, 7) is 2.38. The molecule has 0 atom stereocenters. The molecule has 1 fully saturated rings. The fraction of sp³-hybridized carbons (Fsp3) is 0.129. The number of ether oxygens (including phenoxy) is 2. The minimum Gasteiger partial charge on any atom is -0.490 e. The summed E-state index contributed by atoms with van der Waals surface area (Å²) in [5.41, 5.74) is 2.15. The van der Waals surface area contributed by atoms with Gasteiger partial charge in [-0.3, -0.25) is 19.3 Å². The molecule has 1 aliphatic heterocycles. The molecule has 0 unspecified atom stereocenters. The lowest BCUT2D eigenvalue weighted by molar-refractivity contribution is -0.122. The lowest BCUT2D eigenvalue weighted by Crippen LogP contribution is -2.33. The zero-order chi connectivity index (χ0) is 27.4. The van der Waals surface area contributed by atoms with Crippen molar-refractivity contribution in [2.24, 2.45) is 0 Å². The highest BCUT2D eigenvalue weighted by Gasteiger charge is 2.36. The Hall–Kier alpha value is -3.88. The molecule has 4 aromatic rings. The van der Waals surface area contributed by atoms with Crippen LogP contribution in [0, 0.1) is 0 Å². The van der Waals surface area contributed by atoms with Gasteiger partial charge in [0.25, 0.3) is 11.1 Å². The second kappa shape index (κ2) is 11.9. The van der Waals surface area contributed by atoms with Crippen LogP contribution in [0.4, 0.5) is 4.79 Å². The van der Waals surface area contributed by atoms with Crippen molar-refractivity contribution in [2.45, 2.75) is 13.5 Å². The maximum absolute atomic E-state index is 13.0. The van der Waals surface area contributed by atoms with Crippen molar-refractivity contribution in [3.63, 3.8) is 0 Å². The highest BCUT2D eigenvalue weighted by Crippen LogP contribution is 2.35. The molecule has 0 bridgehead atoms. The first-order chi connectivity index (χ1) is 18.9. The number of hydrogen-bond acceptors (Lipinski definition) is 6. The Bertz CT molecular complexity index is 1600. The Morgan fingerprint density at radius 3 is 2.44 bits per heavy atom. The second-order valence-corrected chi connectivity index (χ2v) is 10.7. The molecule has 0 spiro atoms. The average molecular weight is 603 g/mol. The van der Waals surface area contributed by atoms with Gasteiger partial charge in [0.2, 0.25) is 0 Å². The number of thioether (sulfide) groups is 1. The van der Waals surface area contributed by atoms with Crippen molar-refractivity contribution >= 4 is 61.5 Å². The van der Waals surface area contributed by atoms with Crippen LogP contribution in [0.25, 0.3) is 16.8 Å². The maximum Gasteiger partial charge on any atom is 0.293 e. The Morgan fingerprint density at radius 1 is 0.897 bits per heavy atom. The fourth-order valence-electron chi connectivity index (χ4n) is 4.15. The van der Waals surface area contributed by atoms with E-state index in [0.29, 0.717) is 35.8 Å². The second-order valence-electron chi connectivity index (χ2n) is 8.81. The lowest BCUT2D eigenvalue weighted by Gasteiger charge is -2.13. The van der Waals surface area contributed by atoms with Crippen molar-refractivity contribution in [3.8, 4) is 11.5 Å². The van der Waals surface area contributed by atoms with Crippen LogP contribution in [-0.4, -0.2) is 35.0 Å². The predicted octanol–water partition coefficient (Wildman–Crippen LogP) is 7.50. The van der Waals surface area contributed by atoms with Gasteiger partial charge in [0, 0.05) is 10.0 Å². The van der Waals surface area contributed by atoms with Crippen LogP contribution in [0.3, 0.4) is 0 Å². The van der Waals surface area contributed by atoms with Crippen molar-refractivity contribution in [3.05, 3.63) is 111 Å². The van der Waals surface area contributed by atoms with Gasteiger partial charge in [-0.25, -0.2) is 0 Å². The number of halogens is 1. The number of carbonyl (C=O) groups excluding carboxylic acids is 3. The Kier molecular flexibility index (Phi) is 8.14. The number of imide groups is 1. The van der Waals surface area contributed by atoms with Gasteiger partial charge in [-0.1, -0.05) is 70.5 Å². The third kappa shape index (κ3) is 6.24. The maximum atomic E-state index is 13.0. The molecule has 6 nitrogen and oxygen atoms in total. The molecular weight excluding hydrogens is 578 g/mol. The summed E-state index contributed by atoms with van der Waals surface area (Å²) in [5, 5.41) is 1.84. The predicted molar refractivity (Wildman–Crippen MR) is 157 cm³/mol. The third-order valence-electron chi connectivity index (χ3n) is 6.12. The van der Waals surface area contributed by atoms with Crippen LogP contribution >= 0.6 is 27.7 Å². The number of hydrogen-bond donors (Lipinski definition) is 0. The minimum absolute atomic E-state index is 0.246. The van der Waals surface area contributed by atoms with E-state index in [1.54, 1.807) is 48.5 Å². The van der Waals surface area contributed by atoms with Gasteiger partial charge >= 0.3 is 0 Å². The molecule has 0 radical (unpaired) electrons. The monoisotopic (exact) mass is 601 g/mol. The third-order valence-corrected chi connectivity index (χ3v) is 7.55. The quantitative estimate of drug-likeness (QED) is 0.146. The standard InChI is InChI=1S/C31H24BrNO5S/c1-2-37-28-16-20(8-14-27(28)38-19-21-7-9-22-5-3-4-6-24(22)15-21)17-29-30(35)33(31(36)39-29)18-26(34)23-10-12-25(32)13-11-23/h3-17H,2,18-19H2,1H3/b29-17+. The van der Waals surface area contributed by atoms with E-state index < -0.39 is 11.1 Å². The average Bonchev–Trinajstić information content (AvgIpc) is 3.20. The number of rotatable bonds is 9. The van der Waals surface area contributed by atoms with Gasteiger partial charge in [0.1, 0.15) is 6.61 Å². The highest BCUT2D eigenvalue weighted by atomic mass is 79.9. The lowest BCUT2D eigenvalue weighted by atomic mass is 10.1. The van der Waals surface area contributed by atoms with E-state index in [2.05, 4.69) is 40.2 Å². The SMILES string of the molecule is CCOc1cc(/C=C2/SC(=O)N(CC(=O)c3ccc(Br)cc3)C2=O)ccc1OCc1ccc2ccccc2c1. The summed E-state index contributed by atoms with van der Waals surface area (Å²) in [5.74, 6) is 0.315. The van der Waals surface area contributed by atoms with Crippen molar-refractivity contribution in [1.29, 1.82) is 0 Å². The van der Waals surface area contributed by atoms with Crippen molar-refractivity contribution in [2.75, 3.05) is 13.2 Å². The highest BCUT2D eigenvalue weighted by molar-refractivity contribution is 9.10. The summed E-state index contributed by atoms with van der Waals surface area (Å²) in [6.07, 6.45) is 1.63. The van der Waals surface area contributed by atoms with Crippen LogP contribution in [0.5, 0.6) is 11.5 Å². The molecule has 0 saturated carbocycles. The van der Waals surface area contributed by atoms with Crippen LogP contribution in [-0.2, 0) is 11.4 Å². The molecule has 39 heavy (non-hydrogen) atoms. The van der Waals surface area contributed by atoms with E-state index in [1.165, 1.54) is 5.39 Å². The molecule has 8 heteroatoms. The molecular formula is C31H24BrNO5S. The Labute approximate surface area is 238 Å². The van der Waals surface area contributed by atoms with E-state index in [9.17, 15) is 14.4 Å². The van der Waals surface area contributed by atoms with Gasteiger partial charge in [-0.15, -0.1) is 0 Å². The first-order valence-electron chi connectivity index (χ1n) is 12.3. The number of Topliss-reactive ketones (excluding diaryl/α,β-unsaturated/α-hetero) is 1. The van der Waals surface area contributed by atoms with E-state index in [-0.39, 0.29) is 17.2 Å². The zero-order valence-corrected chi connectivity index (χ0v) is 23.5. The van der Waals surface area contributed by atoms with Gasteiger partial charge < -0.3 is 9.47 Å². The summed E-state index contributed by atoms with van der Waals surface area (Å²) in [4.78, 5) is 39.4. The van der Waals surface area contributed by atoms with Crippen LogP contribution in [0.1, 0.15) is 28.4 Å². The van der Waals surface area contributed by atoms with Gasteiger partial charge in [0.15, 0.2) is 17.3 Å². The molecule has 0 N–H and O–H groups in total. The normalized spacial score (nSPS) is 14.3. The van der Waals surface area contributed by atoms with Crippen LogP contribution in [0.15, 0.2) is 94.3 Å². The number of nitrogens with zero attached hydrogens (tertiary/aromatic N) is 1. The van der Waals surface area contributed by atoms with Crippen LogP contribution < -0.4 is 9.47 Å². The minimum atomic E-state index is -0.495. The van der Waals surface area contributed by atoms with E-state index >= 15 is 0 Å². The number of amides is 2. The van der Waals surface area contributed by atoms with Gasteiger partial charge in [-0.05, 0) is 77.0 Å². The van der Waals surface area contributed by atoms with E-state index in [1.807, 2.05) is 25.1 Å². The molecule has 196 valence electrons. The van der Waals surface area contributed by atoms with Crippen molar-refractivity contribution < 1.29 is 23.9 Å². The summed E-state index contributed by atoms with van der Waals surface area (Å²) in [6, 6.07) is 26.5. The van der Waals surface area contributed by atoms with Crippen LogP contribution in [0.2, 0.25) is 0 Å². The number of ketones is 1. The topological polar surface area (TPSA) is 72.9 Å². The first-order valence-corrected chi connectivity index (χ1v) is 13.9. The largest absolute Gasteiger partial charge is 0.490 e. The molecule has 5 rings (SSSR count). The molecule has 1 saturated heterocycles. The van der Waals surface area contributed by atoms with Crippen molar-refractivity contribution in [1.82, 2.24) is 4.90 Å². The smallest absolute Gasteiger partial charge is 0.293 e. The van der Waals surface area contributed by atoms with Gasteiger partial charge in [-0.2, -0.15) is 0 Å². The fourth-order valence-corrected chi connectivity index (χ4v) is 5.25. The van der Waals surface area contributed by atoms with Gasteiger partial charge in [0.05, 0.1) is 18.1 Å².